The Kier molecular flexibility index (Phi) is 5.42. The summed E-state index contributed by atoms with van der Waals surface area (Å²) >= 11 is 4.34. The number of aliphatic imine (C=N–C) groups is 1. The predicted molar refractivity (Wildman–Crippen MR) is 130 cm³/mol. The number of benzene rings is 3. The van der Waals surface area contributed by atoms with Crippen molar-refractivity contribution >= 4 is 68.2 Å². The Bertz CT molecular complexity index is 1210. The van der Waals surface area contributed by atoms with Gasteiger partial charge in [0.25, 0.3) is 0 Å². The molecule has 3 aromatic carbocycles. The third kappa shape index (κ3) is 3.93. The first-order valence-electron chi connectivity index (χ1n) is 8.61. The van der Waals surface area contributed by atoms with Crippen molar-refractivity contribution in [3.05, 3.63) is 72.4 Å². The van der Waals surface area contributed by atoms with Gasteiger partial charge in [-0.3, -0.25) is 4.99 Å². The van der Waals surface area contributed by atoms with E-state index in [-0.39, 0.29) is 5.75 Å². The maximum Gasteiger partial charge on any atom is 0.227 e. The topological polar surface area (TPSA) is 58.6 Å². The number of hydrogen-bond acceptors (Lipinski definition) is 4. The zero-order valence-electron chi connectivity index (χ0n) is 15.2. The quantitative estimate of drug-likeness (QED) is 0.210. The van der Waals surface area contributed by atoms with E-state index in [1.54, 1.807) is 6.21 Å². The third-order valence-corrected chi connectivity index (χ3v) is 5.79. The molecule has 1 aromatic heterocycles. The Labute approximate surface area is 190 Å². The molecule has 0 aliphatic rings. The number of rotatable bonds is 3. The van der Waals surface area contributed by atoms with Gasteiger partial charge < -0.3 is 9.52 Å². The maximum atomic E-state index is 10.2. The number of halogens is 2. The lowest BCUT2D eigenvalue weighted by Crippen LogP contribution is -1.87. The van der Waals surface area contributed by atoms with Crippen molar-refractivity contribution in [3.63, 3.8) is 0 Å². The molecular formula is C22H16I2N2O2. The zero-order valence-corrected chi connectivity index (χ0v) is 19.5. The molecule has 0 saturated carbocycles. The number of aromatic nitrogens is 1. The largest absolute Gasteiger partial charge is 0.506 e. The van der Waals surface area contributed by atoms with Crippen LogP contribution >= 0.6 is 45.2 Å². The van der Waals surface area contributed by atoms with Gasteiger partial charge in [-0.25, -0.2) is 4.98 Å². The van der Waals surface area contributed by atoms with Gasteiger partial charge in [0, 0.05) is 20.9 Å². The molecule has 0 radical (unpaired) electrons. The molecule has 0 aliphatic carbocycles. The van der Waals surface area contributed by atoms with E-state index in [1.807, 2.05) is 49.4 Å². The molecule has 0 fully saturated rings. The van der Waals surface area contributed by atoms with Crippen molar-refractivity contribution in [2.24, 2.45) is 4.99 Å². The fraction of sp³-hybridized carbons (Fsp3) is 0.0909. The van der Waals surface area contributed by atoms with Crippen LogP contribution in [-0.2, 0) is 0 Å². The highest BCUT2D eigenvalue weighted by Crippen LogP contribution is 2.29. The summed E-state index contributed by atoms with van der Waals surface area (Å²) < 4.78 is 7.83. The minimum Gasteiger partial charge on any atom is -0.506 e. The number of hydrogen-bond donors (Lipinski definition) is 1. The standard InChI is InChI=1S/C22H16I2N2O2/c1-12-7-13(2)21-19(8-12)26-22(28-21)14-3-5-17(6-4-14)25-11-15-9-16(23)10-18(24)20(15)27/h3-11,27H,1-2H3. The van der Waals surface area contributed by atoms with E-state index < -0.39 is 0 Å². The van der Waals surface area contributed by atoms with Gasteiger partial charge in [-0.1, -0.05) is 6.07 Å². The summed E-state index contributed by atoms with van der Waals surface area (Å²) in [5.41, 5.74) is 6.35. The van der Waals surface area contributed by atoms with Gasteiger partial charge >= 0.3 is 0 Å². The fourth-order valence-electron chi connectivity index (χ4n) is 3.02. The molecule has 4 aromatic rings. The van der Waals surface area contributed by atoms with Crippen LogP contribution in [0.2, 0.25) is 0 Å². The van der Waals surface area contributed by atoms with Crippen molar-refractivity contribution in [2.45, 2.75) is 13.8 Å². The van der Waals surface area contributed by atoms with Gasteiger partial charge in [-0.15, -0.1) is 0 Å². The van der Waals surface area contributed by atoms with Gasteiger partial charge in [0.2, 0.25) is 5.89 Å². The maximum absolute atomic E-state index is 10.2. The highest BCUT2D eigenvalue weighted by molar-refractivity contribution is 14.1. The van der Waals surface area contributed by atoms with E-state index in [2.05, 4.69) is 68.1 Å². The van der Waals surface area contributed by atoms with Crippen LogP contribution in [0.15, 0.2) is 57.9 Å². The first-order chi connectivity index (χ1) is 13.4. The average Bonchev–Trinajstić information content (AvgIpc) is 3.08. The van der Waals surface area contributed by atoms with Crippen molar-refractivity contribution in [1.82, 2.24) is 4.98 Å². The monoisotopic (exact) mass is 594 g/mol. The van der Waals surface area contributed by atoms with Crippen LogP contribution < -0.4 is 0 Å². The lowest BCUT2D eigenvalue weighted by atomic mass is 10.1. The number of nitrogens with zero attached hydrogens (tertiary/aromatic N) is 2. The van der Waals surface area contributed by atoms with E-state index in [0.717, 1.165) is 35.1 Å². The summed E-state index contributed by atoms with van der Waals surface area (Å²) in [6, 6.07) is 15.7. The molecule has 0 amide bonds. The van der Waals surface area contributed by atoms with Crippen LogP contribution in [0.4, 0.5) is 5.69 Å². The molecule has 0 spiro atoms. The van der Waals surface area contributed by atoms with Crippen LogP contribution in [0.5, 0.6) is 5.75 Å². The summed E-state index contributed by atoms with van der Waals surface area (Å²) in [6.07, 6.45) is 1.68. The predicted octanol–water partition coefficient (Wildman–Crippen LogP) is 6.78. The fourth-order valence-corrected chi connectivity index (χ4v) is 4.91. The Morgan fingerprint density at radius 2 is 1.79 bits per heavy atom. The summed E-state index contributed by atoms with van der Waals surface area (Å²) in [4.78, 5) is 9.10. The number of aromatic hydroxyl groups is 1. The molecule has 1 heterocycles. The molecule has 0 bridgehead atoms. The molecule has 1 N–H and O–H groups in total. The Hall–Kier alpha value is -1.94. The molecular weight excluding hydrogens is 578 g/mol. The number of aryl methyl sites for hydroxylation is 2. The normalized spacial score (nSPS) is 11.6. The molecule has 28 heavy (non-hydrogen) atoms. The second-order valence-corrected chi connectivity index (χ2v) is 8.99. The molecule has 0 saturated heterocycles. The molecule has 140 valence electrons. The van der Waals surface area contributed by atoms with Gasteiger partial charge in [0.1, 0.15) is 11.3 Å². The smallest absolute Gasteiger partial charge is 0.227 e. The summed E-state index contributed by atoms with van der Waals surface area (Å²) in [5.74, 6) is 0.850. The van der Waals surface area contributed by atoms with E-state index in [1.165, 1.54) is 5.56 Å². The molecule has 4 rings (SSSR count). The number of oxazole rings is 1. The highest BCUT2D eigenvalue weighted by Gasteiger charge is 2.11. The average molecular weight is 594 g/mol. The molecule has 6 heteroatoms. The molecule has 0 aliphatic heterocycles. The molecule has 4 nitrogen and oxygen atoms in total. The number of phenols is 1. The zero-order chi connectivity index (χ0) is 19.8. The van der Waals surface area contributed by atoms with Gasteiger partial charge in [0.15, 0.2) is 5.58 Å². The Balaban J connectivity index is 1.62. The van der Waals surface area contributed by atoms with Crippen LogP contribution in [0.25, 0.3) is 22.6 Å². The summed E-state index contributed by atoms with van der Waals surface area (Å²) in [5, 5.41) is 10.2. The Morgan fingerprint density at radius 1 is 1.04 bits per heavy atom. The number of fused-ring (bicyclic) bond motifs is 1. The second-order valence-electron chi connectivity index (χ2n) is 6.58. The van der Waals surface area contributed by atoms with Crippen molar-refractivity contribution < 1.29 is 9.52 Å². The van der Waals surface area contributed by atoms with Crippen molar-refractivity contribution in [3.8, 4) is 17.2 Å². The van der Waals surface area contributed by atoms with Crippen molar-refractivity contribution in [1.29, 1.82) is 0 Å². The minimum absolute atomic E-state index is 0.249. The van der Waals surface area contributed by atoms with Gasteiger partial charge in [-0.05, 0) is 113 Å². The van der Waals surface area contributed by atoms with E-state index in [0.29, 0.717) is 11.5 Å². The highest BCUT2D eigenvalue weighted by atomic mass is 127. The van der Waals surface area contributed by atoms with Crippen molar-refractivity contribution in [2.75, 3.05) is 0 Å². The van der Waals surface area contributed by atoms with Crippen LogP contribution in [0, 0.1) is 21.0 Å². The summed E-state index contributed by atoms with van der Waals surface area (Å²) in [6.45, 7) is 4.09. The lowest BCUT2D eigenvalue weighted by molar-refractivity contribution is 0.470. The van der Waals surface area contributed by atoms with Crippen LogP contribution in [0.3, 0.4) is 0 Å². The first kappa shape index (κ1) is 19.4. The molecule has 0 atom stereocenters. The van der Waals surface area contributed by atoms with Gasteiger partial charge in [-0.2, -0.15) is 0 Å². The van der Waals surface area contributed by atoms with Crippen LogP contribution in [0.1, 0.15) is 16.7 Å². The van der Waals surface area contributed by atoms with E-state index in [9.17, 15) is 5.11 Å². The minimum atomic E-state index is 0.249. The lowest BCUT2D eigenvalue weighted by Gasteiger charge is -2.03. The number of phenolic OH excluding ortho intramolecular Hbond substituents is 1. The van der Waals surface area contributed by atoms with E-state index >= 15 is 0 Å². The first-order valence-corrected chi connectivity index (χ1v) is 10.8. The Morgan fingerprint density at radius 3 is 2.54 bits per heavy atom. The van der Waals surface area contributed by atoms with Crippen LogP contribution in [-0.4, -0.2) is 16.3 Å². The summed E-state index contributed by atoms with van der Waals surface area (Å²) in [7, 11) is 0. The second kappa shape index (κ2) is 7.82. The third-order valence-electron chi connectivity index (χ3n) is 4.34. The SMILES string of the molecule is Cc1cc(C)c2oc(-c3ccc(N=Cc4cc(I)cc(I)c4O)cc3)nc2c1. The van der Waals surface area contributed by atoms with E-state index in [4.69, 9.17) is 4.42 Å². The van der Waals surface area contributed by atoms with Gasteiger partial charge in [0.05, 0.1) is 9.26 Å². The molecule has 0 unspecified atom stereocenters.